The molecule has 7 heteroatoms. The lowest BCUT2D eigenvalue weighted by molar-refractivity contribution is -0.132. The molecule has 0 saturated carbocycles. The first-order chi connectivity index (χ1) is 10.9. The first-order valence-electron chi connectivity index (χ1n) is 7.65. The summed E-state index contributed by atoms with van der Waals surface area (Å²) < 4.78 is 28.5. The van der Waals surface area contributed by atoms with Crippen molar-refractivity contribution >= 4 is 27.3 Å². The number of nitrogens with zero attached hydrogens (tertiary/aromatic N) is 1. The molecule has 23 heavy (non-hydrogen) atoms. The third-order valence-electron chi connectivity index (χ3n) is 4.02. The number of benzene rings is 1. The van der Waals surface area contributed by atoms with Crippen molar-refractivity contribution in [1.29, 1.82) is 0 Å². The summed E-state index contributed by atoms with van der Waals surface area (Å²) in [5.74, 6) is 0.114. The van der Waals surface area contributed by atoms with E-state index in [2.05, 4.69) is 0 Å². The van der Waals surface area contributed by atoms with Crippen molar-refractivity contribution in [2.24, 2.45) is 0 Å². The topological polar surface area (TPSA) is 63.7 Å². The molecule has 1 fully saturated rings. The van der Waals surface area contributed by atoms with Gasteiger partial charge in [-0.1, -0.05) is 29.8 Å². The van der Waals surface area contributed by atoms with Crippen LogP contribution in [0.3, 0.4) is 0 Å². The van der Waals surface area contributed by atoms with E-state index in [-0.39, 0.29) is 29.9 Å². The van der Waals surface area contributed by atoms with Crippen molar-refractivity contribution in [2.75, 3.05) is 31.8 Å². The highest BCUT2D eigenvalue weighted by molar-refractivity contribution is 7.91. The van der Waals surface area contributed by atoms with Crippen LogP contribution >= 0.6 is 11.6 Å². The molecule has 0 radical (unpaired) electrons. The predicted octanol–water partition coefficient (Wildman–Crippen LogP) is 1.93. The molecule has 1 aliphatic rings. The van der Waals surface area contributed by atoms with Crippen LogP contribution < -0.4 is 0 Å². The van der Waals surface area contributed by atoms with Gasteiger partial charge >= 0.3 is 0 Å². The van der Waals surface area contributed by atoms with Gasteiger partial charge in [0.15, 0.2) is 9.84 Å². The monoisotopic (exact) mass is 359 g/mol. The van der Waals surface area contributed by atoms with Gasteiger partial charge in [-0.15, -0.1) is 0 Å². The number of methoxy groups -OCH3 is 1. The van der Waals surface area contributed by atoms with Crippen LogP contribution in [0, 0.1) is 0 Å². The van der Waals surface area contributed by atoms with E-state index in [9.17, 15) is 13.2 Å². The van der Waals surface area contributed by atoms with E-state index in [1.54, 1.807) is 18.1 Å². The van der Waals surface area contributed by atoms with Gasteiger partial charge in [-0.05, 0) is 24.5 Å². The van der Waals surface area contributed by atoms with Crippen LogP contribution in [-0.2, 0) is 25.8 Å². The number of hydrogen-bond acceptors (Lipinski definition) is 4. The highest BCUT2D eigenvalue weighted by Crippen LogP contribution is 2.21. The fourth-order valence-electron chi connectivity index (χ4n) is 2.82. The van der Waals surface area contributed by atoms with Gasteiger partial charge in [0.1, 0.15) is 0 Å². The molecule has 0 aliphatic carbocycles. The maximum atomic E-state index is 12.7. The Morgan fingerprint density at radius 2 is 2.13 bits per heavy atom. The van der Waals surface area contributed by atoms with Crippen molar-refractivity contribution in [3.8, 4) is 0 Å². The number of carbonyl (C=O) groups is 1. The first kappa shape index (κ1) is 18.2. The summed E-state index contributed by atoms with van der Waals surface area (Å²) in [6.45, 7) is 1.03. The summed E-state index contributed by atoms with van der Waals surface area (Å²) in [4.78, 5) is 14.4. The molecule has 1 aromatic rings. The van der Waals surface area contributed by atoms with Crippen LogP contribution in [0.1, 0.15) is 18.4 Å². The smallest absolute Gasteiger partial charge is 0.227 e. The zero-order chi connectivity index (χ0) is 16.9. The zero-order valence-electron chi connectivity index (χ0n) is 13.2. The maximum Gasteiger partial charge on any atom is 0.227 e. The van der Waals surface area contributed by atoms with Crippen molar-refractivity contribution in [1.82, 2.24) is 4.90 Å². The Morgan fingerprint density at radius 3 is 2.74 bits per heavy atom. The number of carbonyl (C=O) groups excluding carboxylic acids is 1. The Bertz CT molecular complexity index is 647. The zero-order valence-corrected chi connectivity index (χ0v) is 14.8. The normalized spacial score (nSPS) is 19.7. The van der Waals surface area contributed by atoms with E-state index in [1.807, 2.05) is 18.2 Å². The van der Waals surface area contributed by atoms with Crippen molar-refractivity contribution < 1.29 is 17.9 Å². The molecular weight excluding hydrogens is 338 g/mol. The molecule has 1 atom stereocenters. The molecule has 5 nitrogen and oxygen atoms in total. The number of amides is 1. The van der Waals surface area contributed by atoms with Crippen LogP contribution in [0.4, 0.5) is 0 Å². The molecule has 0 aromatic heterocycles. The molecule has 1 unspecified atom stereocenters. The number of sulfone groups is 1. The Morgan fingerprint density at radius 1 is 1.39 bits per heavy atom. The predicted molar refractivity (Wildman–Crippen MR) is 90.4 cm³/mol. The van der Waals surface area contributed by atoms with Crippen molar-refractivity contribution in [3.05, 3.63) is 34.9 Å². The van der Waals surface area contributed by atoms with Crippen LogP contribution in [0.25, 0.3) is 0 Å². The Kier molecular flexibility index (Phi) is 6.44. The third kappa shape index (κ3) is 5.19. The summed E-state index contributed by atoms with van der Waals surface area (Å²) in [6.07, 6.45) is 1.37. The lowest BCUT2D eigenvalue weighted by Gasteiger charge is -2.28. The molecule has 0 N–H and O–H groups in total. The van der Waals surface area contributed by atoms with E-state index >= 15 is 0 Å². The molecule has 1 heterocycles. The lowest BCUT2D eigenvalue weighted by atomic mass is 10.1. The molecule has 0 spiro atoms. The molecule has 1 saturated heterocycles. The van der Waals surface area contributed by atoms with Gasteiger partial charge in [-0.3, -0.25) is 4.79 Å². The molecule has 1 aliphatic heterocycles. The largest absolute Gasteiger partial charge is 0.385 e. The Balaban J connectivity index is 2.09. The minimum Gasteiger partial charge on any atom is -0.385 e. The van der Waals surface area contributed by atoms with E-state index in [1.165, 1.54) is 0 Å². The number of hydrogen-bond donors (Lipinski definition) is 0. The summed E-state index contributed by atoms with van der Waals surface area (Å²) >= 11 is 6.12. The van der Waals surface area contributed by atoms with Crippen LogP contribution in [0.5, 0.6) is 0 Å². The highest BCUT2D eigenvalue weighted by Gasteiger charge is 2.34. The van der Waals surface area contributed by atoms with Gasteiger partial charge < -0.3 is 9.64 Å². The quantitative estimate of drug-likeness (QED) is 0.698. The number of ether oxygens (including phenoxy) is 1. The van der Waals surface area contributed by atoms with E-state index in [0.717, 1.165) is 5.56 Å². The van der Waals surface area contributed by atoms with Crippen LogP contribution in [-0.4, -0.2) is 57.0 Å². The van der Waals surface area contributed by atoms with E-state index in [4.69, 9.17) is 16.3 Å². The summed E-state index contributed by atoms with van der Waals surface area (Å²) in [5, 5.41) is 0.553. The molecule has 1 aromatic carbocycles. The first-order valence-corrected chi connectivity index (χ1v) is 9.85. The average Bonchev–Trinajstić information content (AvgIpc) is 2.86. The van der Waals surface area contributed by atoms with Gasteiger partial charge in [0, 0.05) is 31.3 Å². The van der Waals surface area contributed by atoms with Gasteiger partial charge in [-0.2, -0.15) is 0 Å². The number of halogens is 1. The fourth-order valence-corrected chi connectivity index (χ4v) is 4.75. The minimum absolute atomic E-state index is 0.0498. The van der Waals surface area contributed by atoms with Crippen molar-refractivity contribution in [3.63, 3.8) is 0 Å². The van der Waals surface area contributed by atoms with Gasteiger partial charge in [0.25, 0.3) is 0 Å². The van der Waals surface area contributed by atoms with Crippen LogP contribution in [0.2, 0.25) is 5.02 Å². The summed E-state index contributed by atoms with van der Waals surface area (Å²) in [5.41, 5.74) is 0.761. The SMILES string of the molecule is COCCCN(C(=O)Cc1ccccc1Cl)C1CCS(=O)(=O)C1. The standard InChI is InChI=1S/C16H22ClNO4S/c1-22-9-4-8-18(14-7-10-23(20,21)12-14)16(19)11-13-5-2-3-6-15(13)17/h2-3,5-6,14H,4,7-12H2,1H3. The fraction of sp³-hybridized carbons (Fsp3) is 0.562. The summed E-state index contributed by atoms with van der Waals surface area (Å²) in [6, 6.07) is 6.98. The molecule has 128 valence electrons. The van der Waals surface area contributed by atoms with Gasteiger partial charge in [0.05, 0.1) is 17.9 Å². The average molecular weight is 360 g/mol. The second-order valence-corrected chi connectivity index (χ2v) is 8.39. The minimum atomic E-state index is -3.04. The lowest BCUT2D eigenvalue weighted by Crippen LogP contribution is -2.43. The second kappa shape index (κ2) is 8.13. The molecule has 0 bridgehead atoms. The summed E-state index contributed by atoms with van der Waals surface area (Å²) in [7, 11) is -1.43. The molecular formula is C16H22ClNO4S. The third-order valence-corrected chi connectivity index (χ3v) is 6.14. The van der Waals surface area contributed by atoms with E-state index < -0.39 is 9.84 Å². The second-order valence-electron chi connectivity index (χ2n) is 5.76. The Hall–Kier alpha value is -1.11. The van der Waals surface area contributed by atoms with Gasteiger partial charge in [0.2, 0.25) is 5.91 Å². The van der Waals surface area contributed by atoms with E-state index in [0.29, 0.717) is 31.0 Å². The van der Waals surface area contributed by atoms with Crippen molar-refractivity contribution in [2.45, 2.75) is 25.3 Å². The number of rotatable bonds is 7. The maximum absolute atomic E-state index is 12.7. The van der Waals surface area contributed by atoms with Crippen LogP contribution in [0.15, 0.2) is 24.3 Å². The Labute approximate surface area is 142 Å². The highest BCUT2D eigenvalue weighted by atomic mass is 35.5. The molecule has 1 amide bonds. The molecule has 2 rings (SSSR count). The van der Waals surface area contributed by atoms with Gasteiger partial charge in [-0.25, -0.2) is 8.42 Å².